The van der Waals surface area contributed by atoms with Gasteiger partial charge in [0.15, 0.2) is 0 Å². The van der Waals surface area contributed by atoms with Crippen LogP contribution in [0.4, 0.5) is 5.82 Å². The fraction of sp³-hybridized carbons (Fsp3) is 0.333. The molecule has 1 aliphatic rings. The molecule has 2 N–H and O–H groups in total. The first-order valence-electron chi connectivity index (χ1n) is 9.76. The number of para-hydroxylation sites is 2. The number of nitrogens with one attached hydrogen (secondary N) is 2. The molecule has 1 saturated heterocycles. The van der Waals surface area contributed by atoms with Gasteiger partial charge in [0.05, 0.1) is 21.8 Å². The number of H-pyrrole nitrogens is 2. The highest BCUT2D eigenvalue weighted by molar-refractivity contribution is 5.87. The van der Waals surface area contributed by atoms with Crippen molar-refractivity contribution in [3.8, 4) is 0 Å². The van der Waals surface area contributed by atoms with Crippen LogP contribution in [0, 0.1) is 0 Å². The van der Waals surface area contributed by atoms with E-state index in [0.717, 1.165) is 59.6 Å². The van der Waals surface area contributed by atoms with E-state index in [2.05, 4.69) is 24.8 Å². The third-order valence-electron chi connectivity index (χ3n) is 5.80. The number of benzene rings is 1. The summed E-state index contributed by atoms with van der Waals surface area (Å²) in [6, 6.07) is 9.98. The molecule has 1 aliphatic heterocycles. The van der Waals surface area contributed by atoms with Gasteiger partial charge in [-0.25, -0.2) is 15.0 Å². The molecule has 0 atom stereocenters. The van der Waals surface area contributed by atoms with Crippen molar-refractivity contribution in [2.75, 3.05) is 24.6 Å². The number of rotatable bonds is 4. The molecular weight excluding hydrogens is 368 g/mol. The number of piperidine rings is 1. The maximum atomic E-state index is 11.6. The average Bonchev–Trinajstić information content (AvgIpc) is 3.39. The minimum atomic E-state index is -0.342. The zero-order valence-corrected chi connectivity index (χ0v) is 16.2. The van der Waals surface area contributed by atoms with E-state index in [-0.39, 0.29) is 11.4 Å². The molecule has 0 amide bonds. The van der Waals surface area contributed by atoms with Crippen molar-refractivity contribution in [1.29, 1.82) is 0 Å². The smallest absolute Gasteiger partial charge is 0.302 e. The van der Waals surface area contributed by atoms with Crippen molar-refractivity contribution < 1.29 is 9.53 Å². The van der Waals surface area contributed by atoms with Crippen molar-refractivity contribution >= 4 is 33.9 Å². The average molecular weight is 390 g/mol. The van der Waals surface area contributed by atoms with Crippen LogP contribution in [0.3, 0.4) is 0 Å². The molecule has 4 aromatic rings. The Morgan fingerprint density at radius 3 is 2.83 bits per heavy atom. The van der Waals surface area contributed by atoms with Crippen LogP contribution in [0.2, 0.25) is 0 Å². The van der Waals surface area contributed by atoms with E-state index in [1.807, 2.05) is 36.5 Å². The lowest BCUT2D eigenvalue weighted by Gasteiger charge is -2.40. The topological polar surface area (TPSA) is 99.8 Å². The molecule has 0 radical (unpaired) electrons. The van der Waals surface area contributed by atoms with E-state index < -0.39 is 0 Å². The minimum absolute atomic E-state index is 0.271. The molecule has 0 bridgehead atoms. The molecule has 0 unspecified atom stereocenters. The number of hydrogen-bond acceptors (Lipinski definition) is 6. The lowest BCUT2D eigenvalue weighted by molar-refractivity contribution is -0.143. The number of anilines is 1. The van der Waals surface area contributed by atoms with Crippen LogP contribution in [-0.4, -0.2) is 50.6 Å². The number of imidazole rings is 1. The van der Waals surface area contributed by atoms with E-state index in [1.165, 1.54) is 6.92 Å². The van der Waals surface area contributed by atoms with E-state index in [0.29, 0.717) is 6.61 Å². The Bertz CT molecular complexity index is 1140. The number of aromatic amines is 2. The highest BCUT2D eigenvalue weighted by Gasteiger charge is 2.40. The molecule has 1 fully saturated rings. The van der Waals surface area contributed by atoms with Gasteiger partial charge >= 0.3 is 5.97 Å². The van der Waals surface area contributed by atoms with Gasteiger partial charge in [0.25, 0.3) is 0 Å². The second kappa shape index (κ2) is 6.88. The zero-order valence-electron chi connectivity index (χ0n) is 16.2. The van der Waals surface area contributed by atoms with Gasteiger partial charge in [-0.2, -0.15) is 0 Å². The number of carbonyl (C=O) groups excluding carboxylic acids is 1. The maximum absolute atomic E-state index is 11.6. The number of fused-ring (bicyclic) bond motifs is 2. The summed E-state index contributed by atoms with van der Waals surface area (Å²) in [6.45, 7) is 3.34. The summed E-state index contributed by atoms with van der Waals surface area (Å²) in [7, 11) is 0. The Labute approximate surface area is 167 Å². The fourth-order valence-electron chi connectivity index (χ4n) is 4.15. The summed E-state index contributed by atoms with van der Waals surface area (Å²) in [5.74, 6) is 1.55. The Kier molecular flexibility index (Phi) is 4.19. The molecule has 1 aromatic carbocycles. The highest BCUT2D eigenvalue weighted by atomic mass is 16.5. The van der Waals surface area contributed by atoms with E-state index >= 15 is 0 Å². The third-order valence-corrected chi connectivity index (χ3v) is 5.80. The monoisotopic (exact) mass is 390 g/mol. The van der Waals surface area contributed by atoms with Gasteiger partial charge in [-0.3, -0.25) is 4.79 Å². The lowest BCUT2D eigenvalue weighted by atomic mass is 9.78. The summed E-state index contributed by atoms with van der Waals surface area (Å²) in [5, 5.41) is 1.02. The molecule has 29 heavy (non-hydrogen) atoms. The van der Waals surface area contributed by atoms with E-state index in [4.69, 9.17) is 9.72 Å². The molecule has 0 saturated carbocycles. The summed E-state index contributed by atoms with van der Waals surface area (Å²) in [6.07, 6.45) is 5.08. The largest absolute Gasteiger partial charge is 0.465 e. The predicted molar refractivity (Wildman–Crippen MR) is 110 cm³/mol. The maximum Gasteiger partial charge on any atom is 0.302 e. The molecule has 148 valence electrons. The normalized spacial score (nSPS) is 16.4. The second-order valence-electron chi connectivity index (χ2n) is 7.59. The van der Waals surface area contributed by atoms with Crippen LogP contribution in [0.1, 0.15) is 25.6 Å². The van der Waals surface area contributed by atoms with Crippen molar-refractivity contribution in [1.82, 2.24) is 24.9 Å². The number of nitrogens with zero attached hydrogens (tertiary/aromatic N) is 4. The van der Waals surface area contributed by atoms with Crippen LogP contribution in [0.15, 0.2) is 42.9 Å². The quantitative estimate of drug-likeness (QED) is 0.520. The van der Waals surface area contributed by atoms with Gasteiger partial charge in [0.1, 0.15) is 30.2 Å². The molecule has 5 rings (SSSR count). The summed E-state index contributed by atoms with van der Waals surface area (Å²) < 4.78 is 5.49. The number of hydrogen-bond donors (Lipinski definition) is 2. The third kappa shape index (κ3) is 3.10. The molecule has 8 heteroatoms. The van der Waals surface area contributed by atoms with E-state index in [9.17, 15) is 4.79 Å². The van der Waals surface area contributed by atoms with Crippen LogP contribution < -0.4 is 4.90 Å². The Hall–Kier alpha value is -3.42. The first-order valence-corrected chi connectivity index (χ1v) is 9.76. The number of carbonyl (C=O) groups is 1. The van der Waals surface area contributed by atoms with Crippen molar-refractivity contribution in [3.63, 3.8) is 0 Å². The summed E-state index contributed by atoms with van der Waals surface area (Å²) >= 11 is 0. The van der Waals surface area contributed by atoms with Gasteiger partial charge in [-0.05, 0) is 31.0 Å². The van der Waals surface area contributed by atoms with Crippen molar-refractivity contribution in [2.45, 2.75) is 25.2 Å². The van der Waals surface area contributed by atoms with Gasteiger partial charge in [-0.1, -0.05) is 12.1 Å². The molecule has 3 aromatic heterocycles. The van der Waals surface area contributed by atoms with Gasteiger partial charge in [0, 0.05) is 26.2 Å². The number of esters is 1. The first kappa shape index (κ1) is 17.7. The van der Waals surface area contributed by atoms with Crippen molar-refractivity contribution in [2.24, 2.45) is 0 Å². The van der Waals surface area contributed by atoms with Gasteiger partial charge in [0.2, 0.25) is 0 Å². The predicted octanol–water partition coefficient (Wildman–Crippen LogP) is 2.94. The minimum Gasteiger partial charge on any atom is -0.465 e. The molecule has 8 nitrogen and oxygen atoms in total. The van der Waals surface area contributed by atoms with Gasteiger partial charge < -0.3 is 19.6 Å². The van der Waals surface area contributed by atoms with E-state index in [1.54, 1.807) is 6.33 Å². The van der Waals surface area contributed by atoms with Crippen LogP contribution in [-0.2, 0) is 14.9 Å². The standard InChI is InChI=1S/C21H22N6O2/c1-14(28)29-12-21(20-25-16-4-2-3-5-17(16)26-20)7-10-27(11-8-21)19-15-6-9-22-18(15)23-13-24-19/h2-6,9,13H,7-8,10-12H2,1H3,(H,25,26)(H,22,23,24). The van der Waals surface area contributed by atoms with Crippen LogP contribution >= 0.6 is 0 Å². The number of ether oxygens (including phenoxy) is 1. The first-order chi connectivity index (χ1) is 14.1. The van der Waals surface area contributed by atoms with Crippen LogP contribution in [0.5, 0.6) is 0 Å². The zero-order chi connectivity index (χ0) is 19.8. The summed E-state index contributed by atoms with van der Waals surface area (Å²) in [5.41, 5.74) is 2.42. The van der Waals surface area contributed by atoms with Crippen LogP contribution in [0.25, 0.3) is 22.1 Å². The molecular formula is C21H22N6O2. The van der Waals surface area contributed by atoms with Gasteiger partial charge in [-0.15, -0.1) is 0 Å². The highest BCUT2D eigenvalue weighted by Crippen LogP contribution is 2.37. The molecule has 0 aliphatic carbocycles. The second-order valence-corrected chi connectivity index (χ2v) is 7.59. The molecule has 4 heterocycles. The Morgan fingerprint density at radius 1 is 1.21 bits per heavy atom. The Balaban J connectivity index is 1.46. The summed E-state index contributed by atoms with van der Waals surface area (Å²) in [4.78, 5) is 34.0. The Morgan fingerprint density at radius 2 is 2.03 bits per heavy atom. The SMILES string of the molecule is CC(=O)OCC1(c2nc3ccccc3[nH]2)CCN(c2ncnc3[nH]ccc23)CC1. The lowest BCUT2D eigenvalue weighted by Crippen LogP contribution is -2.46. The van der Waals surface area contributed by atoms with Crippen molar-refractivity contribution in [3.05, 3.63) is 48.7 Å². The molecule has 0 spiro atoms. The number of aromatic nitrogens is 5. The fourth-order valence-corrected chi connectivity index (χ4v) is 4.15.